The van der Waals surface area contributed by atoms with Crippen molar-refractivity contribution in [3.63, 3.8) is 0 Å². The van der Waals surface area contributed by atoms with E-state index in [0.29, 0.717) is 0 Å². The zero-order valence-electron chi connectivity index (χ0n) is 8.94. The Kier molecular flexibility index (Phi) is 3.87. The molecule has 0 heterocycles. The molecule has 0 radical (unpaired) electrons. The molecule has 0 nitrogen and oxygen atoms in total. The Labute approximate surface area is 85.5 Å². The minimum atomic E-state index is -0.138. The fourth-order valence-electron chi connectivity index (χ4n) is 1.49. The molecule has 0 aliphatic rings. The van der Waals surface area contributed by atoms with Crippen LogP contribution in [0.4, 0.5) is 4.39 Å². The molecule has 0 bridgehead atoms. The highest BCUT2D eigenvalue weighted by molar-refractivity contribution is 5.26. The lowest BCUT2D eigenvalue weighted by atomic mass is 10.0. The predicted octanol–water partition coefficient (Wildman–Crippen LogP) is 4.03. The summed E-state index contributed by atoms with van der Waals surface area (Å²) in [5.41, 5.74) is 3.48. The van der Waals surface area contributed by atoms with Crippen molar-refractivity contribution in [3.05, 3.63) is 47.3 Å². The van der Waals surface area contributed by atoms with E-state index in [1.54, 1.807) is 6.07 Å². The van der Waals surface area contributed by atoms with Gasteiger partial charge in [0, 0.05) is 0 Å². The Bertz CT molecular complexity index is 326. The van der Waals surface area contributed by atoms with Gasteiger partial charge in [0.2, 0.25) is 0 Å². The maximum Gasteiger partial charge on any atom is 0.123 e. The number of rotatable bonds is 4. The molecule has 1 rings (SSSR count). The quantitative estimate of drug-likeness (QED) is 0.632. The van der Waals surface area contributed by atoms with Crippen LogP contribution in [0.5, 0.6) is 0 Å². The largest absolute Gasteiger partial charge is 0.207 e. The molecular formula is C13H17F. The van der Waals surface area contributed by atoms with Crippen LogP contribution in [0, 0.1) is 12.7 Å². The lowest BCUT2D eigenvalue weighted by molar-refractivity contribution is 0.623. The fourth-order valence-corrected chi connectivity index (χ4v) is 1.49. The number of hydrogen-bond donors (Lipinski definition) is 0. The van der Waals surface area contributed by atoms with Gasteiger partial charge in [-0.2, -0.15) is 0 Å². The molecular weight excluding hydrogens is 175 g/mol. The van der Waals surface area contributed by atoms with E-state index in [0.717, 1.165) is 24.8 Å². The van der Waals surface area contributed by atoms with Crippen LogP contribution in [0.15, 0.2) is 30.4 Å². The molecule has 0 spiro atoms. The van der Waals surface area contributed by atoms with Crippen molar-refractivity contribution in [1.29, 1.82) is 0 Å². The van der Waals surface area contributed by atoms with E-state index in [-0.39, 0.29) is 5.82 Å². The van der Waals surface area contributed by atoms with Gasteiger partial charge in [-0.3, -0.25) is 0 Å². The van der Waals surface area contributed by atoms with Gasteiger partial charge in [0.15, 0.2) is 0 Å². The summed E-state index contributed by atoms with van der Waals surface area (Å²) in [5, 5.41) is 0. The van der Waals surface area contributed by atoms with Gasteiger partial charge in [-0.25, -0.2) is 4.39 Å². The zero-order chi connectivity index (χ0) is 10.6. The monoisotopic (exact) mass is 192 g/mol. The first-order valence-corrected chi connectivity index (χ1v) is 4.99. The van der Waals surface area contributed by atoms with E-state index < -0.39 is 0 Å². The van der Waals surface area contributed by atoms with E-state index in [2.05, 4.69) is 6.58 Å². The van der Waals surface area contributed by atoms with Crippen molar-refractivity contribution in [2.45, 2.75) is 33.1 Å². The van der Waals surface area contributed by atoms with Gasteiger partial charge in [0.1, 0.15) is 5.82 Å². The molecule has 76 valence electrons. The average Bonchev–Trinajstić information content (AvgIpc) is 2.10. The third kappa shape index (κ3) is 3.33. The summed E-state index contributed by atoms with van der Waals surface area (Å²) in [6.45, 7) is 7.90. The Morgan fingerprint density at radius 1 is 1.43 bits per heavy atom. The van der Waals surface area contributed by atoms with Gasteiger partial charge < -0.3 is 0 Å². The van der Waals surface area contributed by atoms with Crippen molar-refractivity contribution in [2.75, 3.05) is 0 Å². The predicted molar refractivity (Wildman–Crippen MR) is 58.9 cm³/mol. The molecule has 0 unspecified atom stereocenters. The van der Waals surface area contributed by atoms with Crippen LogP contribution in [0.25, 0.3) is 0 Å². The summed E-state index contributed by atoms with van der Waals surface area (Å²) < 4.78 is 12.9. The van der Waals surface area contributed by atoms with Crippen molar-refractivity contribution in [3.8, 4) is 0 Å². The summed E-state index contributed by atoms with van der Waals surface area (Å²) in [4.78, 5) is 0. The van der Waals surface area contributed by atoms with Crippen molar-refractivity contribution in [1.82, 2.24) is 0 Å². The Morgan fingerprint density at radius 2 is 2.14 bits per heavy atom. The van der Waals surface area contributed by atoms with Crippen molar-refractivity contribution < 1.29 is 4.39 Å². The number of hydrogen-bond acceptors (Lipinski definition) is 0. The Hall–Kier alpha value is -1.11. The van der Waals surface area contributed by atoms with Gasteiger partial charge in [-0.15, -0.1) is 6.58 Å². The topological polar surface area (TPSA) is 0 Å². The zero-order valence-corrected chi connectivity index (χ0v) is 8.94. The van der Waals surface area contributed by atoms with Gasteiger partial charge in [-0.1, -0.05) is 11.6 Å². The Morgan fingerprint density at radius 3 is 2.79 bits per heavy atom. The first-order valence-electron chi connectivity index (χ1n) is 4.99. The van der Waals surface area contributed by atoms with Gasteiger partial charge in [0.05, 0.1) is 0 Å². The van der Waals surface area contributed by atoms with Gasteiger partial charge >= 0.3 is 0 Å². The molecule has 1 aromatic rings. The average molecular weight is 192 g/mol. The van der Waals surface area contributed by atoms with Crippen LogP contribution < -0.4 is 0 Å². The van der Waals surface area contributed by atoms with Crippen LogP contribution >= 0.6 is 0 Å². The van der Waals surface area contributed by atoms with E-state index in [1.165, 1.54) is 17.2 Å². The van der Waals surface area contributed by atoms with Gasteiger partial charge in [-0.05, 0) is 56.4 Å². The third-order valence-electron chi connectivity index (χ3n) is 2.36. The lowest BCUT2D eigenvalue weighted by Gasteiger charge is -2.05. The number of allylic oxidation sites excluding steroid dienone is 1. The molecule has 0 aliphatic heterocycles. The molecule has 14 heavy (non-hydrogen) atoms. The molecule has 1 heteroatoms. The van der Waals surface area contributed by atoms with Crippen LogP contribution in [-0.4, -0.2) is 0 Å². The summed E-state index contributed by atoms with van der Waals surface area (Å²) in [7, 11) is 0. The molecule has 0 atom stereocenters. The van der Waals surface area contributed by atoms with Crippen LogP contribution in [0.1, 0.15) is 30.9 Å². The maximum absolute atomic E-state index is 12.9. The van der Waals surface area contributed by atoms with E-state index in [9.17, 15) is 4.39 Å². The SMILES string of the molecule is C=C(C)CCCc1cc(F)ccc1C. The standard InChI is InChI=1S/C13H17F/c1-10(2)5-4-6-12-9-13(14)8-7-11(12)3/h7-9H,1,4-6H2,2-3H3. The minimum Gasteiger partial charge on any atom is -0.207 e. The molecule has 0 saturated carbocycles. The molecule has 0 aromatic heterocycles. The fraction of sp³-hybridized carbons (Fsp3) is 0.385. The lowest BCUT2D eigenvalue weighted by Crippen LogP contribution is -1.91. The number of benzene rings is 1. The molecule has 0 fully saturated rings. The van der Waals surface area contributed by atoms with Crippen LogP contribution in [-0.2, 0) is 6.42 Å². The van der Waals surface area contributed by atoms with E-state index in [1.807, 2.05) is 19.9 Å². The molecule has 0 amide bonds. The highest BCUT2D eigenvalue weighted by atomic mass is 19.1. The second-order valence-corrected chi connectivity index (χ2v) is 3.88. The van der Waals surface area contributed by atoms with E-state index >= 15 is 0 Å². The third-order valence-corrected chi connectivity index (χ3v) is 2.36. The minimum absolute atomic E-state index is 0.138. The number of aryl methyl sites for hydroxylation is 2. The van der Waals surface area contributed by atoms with Crippen LogP contribution in [0.3, 0.4) is 0 Å². The highest BCUT2D eigenvalue weighted by Crippen LogP contribution is 2.14. The molecule has 0 saturated heterocycles. The summed E-state index contributed by atoms with van der Waals surface area (Å²) >= 11 is 0. The van der Waals surface area contributed by atoms with Gasteiger partial charge in [0.25, 0.3) is 0 Å². The molecule has 1 aromatic carbocycles. The smallest absolute Gasteiger partial charge is 0.123 e. The first-order chi connectivity index (χ1) is 6.59. The first kappa shape index (κ1) is 11.0. The molecule has 0 aliphatic carbocycles. The number of halogens is 1. The summed E-state index contributed by atoms with van der Waals surface area (Å²) in [6, 6.07) is 4.98. The second kappa shape index (κ2) is 4.94. The molecule has 0 N–H and O–H groups in total. The summed E-state index contributed by atoms with van der Waals surface area (Å²) in [6.07, 6.45) is 3.02. The van der Waals surface area contributed by atoms with E-state index in [4.69, 9.17) is 0 Å². The van der Waals surface area contributed by atoms with Crippen LogP contribution in [0.2, 0.25) is 0 Å². The second-order valence-electron chi connectivity index (χ2n) is 3.88. The normalized spacial score (nSPS) is 10.2. The summed E-state index contributed by atoms with van der Waals surface area (Å²) in [5.74, 6) is -0.138. The van der Waals surface area contributed by atoms with Crippen molar-refractivity contribution >= 4 is 0 Å². The maximum atomic E-state index is 12.9. The highest BCUT2D eigenvalue weighted by Gasteiger charge is 2.00. The van der Waals surface area contributed by atoms with Crippen molar-refractivity contribution in [2.24, 2.45) is 0 Å². The Balaban J connectivity index is 2.57.